The van der Waals surface area contributed by atoms with Crippen LogP contribution in [0.4, 0.5) is 4.39 Å². The van der Waals surface area contributed by atoms with E-state index in [4.69, 9.17) is 5.73 Å². The van der Waals surface area contributed by atoms with Gasteiger partial charge in [-0.2, -0.15) is 0 Å². The highest BCUT2D eigenvalue weighted by molar-refractivity contribution is 5.82. The third-order valence-electron chi connectivity index (χ3n) is 5.65. The van der Waals surface area contributed by atoms with Crippen molar-refractivity contribution in [2.75, 3.05) is 20.1 Å². The molecule has 5 heteroatoms. The number of carbonyl (C=O) groups excluding carboxylic acids is 1. The average Bonchev–Trinajstić information content (AvgIpc) is 2.85. The smallest absolute Gasteiger partial charge is 0.237 e. The number of nitrogens with two attached hydrogens (primary N) is 1. The van der Waals surface area contributed by atoms with Gasteiger partial charge in [0, 0.05) is 13.1 Å². The molecule has 3 N–H and O–H groups in total. The lowest BCUT2D eigenvalue weighted by atomic mass is 9.97. The van der Waals surface area contributed by atoms with Crippen LogP contribution >= 0.6 is 0 Å². The Morgan fingerprint density at radius 2 is 1.55 bits per heavy atom. The fourth-order valence-electron chi connectivity index (χ4n) is 3.82. The average molecular weight is 446 g/mol. The zero-order valence-electron chi connectivity index (χ0n) is 19.1. The van der Waals surface area contributed by atoms with E-state index < -0.39 is 0 Å². The Morgan fingerprint density at radius 3 is 2.09 bits per heavy atom. The predicted molar refractivity (Wildman–Crippen MR) is 133 cm³/mol. The van der Waals surface area contributed by atoms with Crippen molar-refractivity contribution in [1.82, 2.24) is 10.2 Å². The van der Waals surface area contributed by atoms with Crippen LogP contribution in [0.1, 0.15) is 29.5 Å². The first kappa shape index (κ1) is 24.4. The third kappa shape index (κ3) is 7.38. The number of hydrogen-bond donors (Lipinski definition) is 2. The summed E-state index contributed by atoms with van der Waals surface area (Å²) in [4.78, 5) is 14.9. The van der Waals surface area contributed by atoms with Crippen LogP contribution in [0.25, 0.3) is 5.57 Å². The molecule has 3 aromatic rings. The monoisotopic (exact) mass is 445 g/mol. The molecule has 0 fully saturated rings. The molecular formula is C28H32FN3O. The maximum Gasteiger partial charge on any atom is 0.237 e. The van der Waals surface area contributed by atoms with Crippen molar-refractivity contribution in [1.29, 1.82) is 0 Å². The number of rotatable bonds is 11. The van der Waals surface area contributed by atoms with Crippen molar-refractivity contribution in [3.63, 3.8) is 0 Å². The van der Waals surface area contributed by atoms with E-state index in [1.54, 1.807) is 12.1 Å². The molecule has 0 spiro atoms. The number of amides is 1. The van der Waals surface area contributed by atoms with Gasteiger partial charge in [0.1, 0.15) is 5.82 Å². The van der Waals surface area contributed by atoms with Gasteiger partial charge in [-0.1, -0.05) is 78.9 Å². The van der Waals surface area contributed by atoms with Gasteiger partial charge in [0.05, 0.1) is 6.04 Å². The molecule has 172 valence electrons. The van der Waals surface area contributed by atoms with Gasteiger partial charge in [0.2, 0.25) is 5.91 Å². The van der Waals surface area contributed by atoms with Crippen molar-refractivity contribution in [3.8, 4) is 0 Å². The summed E-state index contributed by atoms with van der Waals surface area (Å²) in [6.45, 7) is 1.51. The molecule has 1 amide bonds. The van der Waals surface area contributed by atoms with Crippen molar-refractivity contribution < 1.29 is 9.18 Å². The summed E-state index contributed by atoms with van der Waals surface area (Å²) in [7, 11) is 1.95. The van der Waals surface area contributed by atoms with Gasteiger partial charge >= 0.3 is 0 Å². The van der Waals surface area contributed by atoms with Crippen molar-refractivity contribution in [2.24, 2.45) is 5.73 Å². The van der Waals surface area contributed by atoms with Crippen LogP contribution in [0.3, 0.4) is 0 Å². The molecule has 0 radical (unpaired) electrons. The van der Waals surface area contributed by atoms with E-state index in [0.29, 0.717) is 19.5 Å². The summed E-state index contributed by atoms with van der Waals surface area (Å²) in [6, 6.07) is 26.5. The molecular weight excluding hydrogens is 413 g/mol. The molecule has 3 rings (SSSR count). The first-order chi connectivity index (χ1) is 16.1. The SMILES string of the molecule is CN(CCC=C(c1ccccc1)c1ccccc1)C(CCN)C(=O)NCc1ccc(F)cc1. The Labute approximate surface area is 195 Å². The molecule has 0 saturated heterocycles. The molecule has 4 nitrogen and oxygen atoms in total. The van der Waals surface area contributed by atoms with E-state index >= 15 is 0 Å². The Bertz CT molecular complexity index is 979. The molecule has 0 aromatic heterocycles. The van der Waals surface area contributed by atoms with Gasteiger partial charge in [0.25, 0.3) is 0 Å². The fraction of sp³-hybridized carbons (Fsp3) is 0.250. The van der Waals surface area contributed by atoms with Gasteiger partial charge in [-0.15, -0.1) is 0 Å². The van der Waals surface area contributed by atoms with Gasteiger partial charge in [-0.3, -0.25) is 9.69 Å². The molecule has 0 aliphatic heterocycles. The van der Waals surface area contributed by atoms with Crippen LogP contribution in [-0.4, -0.2) is 37.0 Å². The normalized spacial score (nSPS) is 11.8. The van der Waals surface area contributed by atoms with Crippen molar-refractivity contribution in [3.05, 3.63) is 114 Å². The second-order valence-electron chi connectivity index (χ2n) is 8.06. The maximum atomic E-state index is 13.1. The highest BCUT2D eigenvalue weighted by Gasteiger charge is 2.21. The molecule has 0 heterocycles. The van der Waals surface area contributed by atoms with E-state index in [1.165, 1.54) is 28.8 Å². The second kappa shape index (κ2) is 12.7. The molecule has 1 atom stereocenters. The molecule has 33 heavy (non-hydrogen) atoms. The van der Waals surface area contributed by atoms with Gasteiger partial charge in [0.15, 0.2) is 0 Å². The molecule has 0 aliphatic rings. The first-order valence-corrected chi connectivity index (χ1v) is 11.3. The summed E-state index contributed by atoms with van der Waals surface area (Å²) in [5, 5.41) is 2.96. The summed E-state index contributed by atoms with van der Waals surface area (Å²) < 4.78 is 13.1. The van der Waals surface area contributed by atoms with Crippen LogP contribution in [0, 0.1) is 5.82 Å². The number of hydrogen-bond acceptors (Lipinski definition) is 3. The van der Waals surface area contributed by atoms with Crippen LogP contribution < -0.4 is 11.1 Å². The lowest BCUT2D eigenvalue weighted by Crippen LogP contribution is -2.46. The zero-order chi connectivity index (χ0) is 23.5. The number of carbonyl (C=O) groups is 1. The first-order valence-electron chi connectivity index (χ1n) is 11.3. The minimum Gasteiger partial charge on any atom is -0.351 e. The Hall–Kier alpha value is -3.28. The predicted octanol–water partition coefficient (Wildman–Crippen LogP) is 4.61. The standard InChI is InChI=1S/C28H32FN3O/c1-32(27(18-19-30)28(33)31-21-22-14-16-25(29)17-15-22)20-8-13-26(23-9-4-2-5-10-23)24-11-6-3-7-12-24/h2-7,9-17,27H,8,18-21,30H2,1H3,(H,31,33). The zero-order valence-corrected chi connectivity index (χ0v) is 19.1. The van der Waals surface area contributed by atoms with Crippen LogP contribution in [0.2, 0.25) is 0 Å². The maximum absolute atomic E-state index is 13.1. The Balaban J connectivity index is 1.64. The summed E-state index contributed by atoms with van der Waals surface area (Å²) >= 11 is 0. The fourth-order valence-corrected chi connectivity index (χ4v) is 3.82. The molecule has 0 bridgehead atoms. The number of nitrogens with zero attached hydrogens (tertiary/aromatic N) is 1. The van der Waals surface area contributed by atoms with Gasteiger partial charge < -0.3 is 11.1 Å². The molecule has 1 unspecified atom stereocenters. The highest BCUT2D eigenvalue weighted by atomic mass is 19.1. The van der Waals surface area contributed by atoms with E-state index in [1.807, 2.05) is 43.4 Å². The van der Waals surface area contributed by atoms with E-state index in [0.717, 1.165) is 18.5 Å². The van der Waals surface area contributed by atoms with E-state index in [2.05, 4.69) is 40.6 Å². The van der Waals surface area contributed by atoms with Crippen molar-refractivity contribution >= 4 is 11.5 Å². The second-order valence-corrected chi connectivity index (χ2v) is 8.06. The number of nitrogens with one attached hydrogen (secondary N) is 1. The topological polar surface area (TPSA) is 58.4 Å². The number of likely N-dealkylation sites (N-methyl/N-ethyl adjacent to an activating group) is 1. The minimum atomic E-state index is -0.319. The lowest BCUT2D eigenvalue weighted by molar-refractivity contribution is -0.126. The van der Waals surface area contributed by atoms with Gasteiger partial charge in [-0.25, -0.2) is 4.39 Å². The number of benzene rings is 3. The molecule has 3 aromatic carbocycles. The molecule has 0 saturated carbocycles. The van der Waals surface area contributed by atoms with Crippen LogP contribution in [0.5, 0.6) is 0 Å². The largest absolute Gasteiger partial charge is 0.351 e. The van der Waals surface area contributed by atoms with E-state index in [-0.39, 0.29) is 17.8 Å². The number of halogens is 1. The minimum absolute atomic E-state index is 0.0670. The van der Waals surface area contributed by atoms with Crippen LogP contribution in [0.15, 0.2) is 91.0 Å². The third-order valence-corrected chi connectivity index (χ3v) is 5.65. The van der Waals surface area contributed by atoms with Gasteiger partial charge in [-0.05, 0) is 60.8 Å². The lowest BCUT2D eigenvalue weighted by Gasteiger charge is -2.26. The molecule has 0 aliphatic carbocycles. The summed E-state index contributed by atoms with van der Waals surface area (Å²) in [5.74, 6) is -0.355. The van der Waals surface area contributed by atoms with E-state index in [9.17, 15) is 9.18 Å². The quantitative estimate of drug-likeness (QED) is 0.453. The van der Waals surface area contributed by atoms with Crippen LogP contribution in [-0.2, 0) is 11.3 Å². The van der Waals surface area contributed by atoms with Crippen molar-refractivity contribution in [2.45, 2.75) is 25.4 Å². The Morgan fingerprint density at radius 1 is 0.970 bits per heavy atom. The summed E-state index contributed by atoms with van der Waals surface area (Å²) in [5.41, 5.74) is 10.2. The highest BCUT2D eigenvalue weighted by Crippen LogP contribution is 2.23. The summed E-state index contributed by atoms with van der Waals surface area (Å²) in [6.07, 6.45) is 3.60. The Kier molecular flexibility index (Phi) is 9.36.